The number of hydrogen-bond acceptors (Lipinski definition) is 4. The third kappa shape index (κ3) is 4.98. The van der Waals surface area contributed by atoms with Gasteiger partial charge in [-0.1, -0.05) is 18.2 Å². The van der Waals surface area contributed by atoms with E-state index in [1.165, 1.54) is 35.9 Å². The van der Waals surface area contributed by atoms with E-state index in [1.54, 1.807) is 42.5 Å². The van der Waals surface area contributed by atoms with E-state index in [2.05, 4.69) is 5.32 Å². The minimum absolute atomic E-state index is 0.199. The fourth-order valence-corrected chi connectivity index (χ4v) is 4.67. The second-order valence-electron chi connectivity index (χ2n) is 7.28. The van der Waals surface area contributed by atoms with Crippen molar-refractivity contribution in [2.24, 2.45) is 0 Å². The summed E-state index contributed by atoms with van der Waals surface area (Å²) >= 11 is 1.37. The maximum Gasteiger partial charge on any atom is 0.416 e. The Balaban J connectivity index is 1.56. The van der Waals surface area contributed by atoms with Crippen molar-refractivity contribution in [1.82, 2.24) is 0 Å². The topological polar surface area (TPSA) is 58.6 Å². The molecule has 0 saturated carbocycles. The molecule has 1 aliphatic rings. The molecule has 1 aliphatic heterocycles. The van der Waals surface area contributed by atoms with Crippen LogP contribution >= 0.6 is 11.8 Å². The van der Waals surface area contributed by atoms with Crippen LogP contribution in [0.5, 0.6) is 5.75 Å². The maximum absolute atomic E-state index is 12.9. The van der Waals surface area contributed by atoms with Crippen LogP contribution in [0.25, 0.3) is 0 Å². The highest BCUT2D eigenvalue weighted by atomic mass is 32.2. The van der Waals surface area contributed by atoms with Gasteiger partial charge in [0.1, 0.15) is 11.1 Å². The smallest absolute Gasteiger partial charge is 0.416 e. The zero-order chi connectivity index (χ0) is 23.6. The van der Waals surface area contributed by atoms with Gasteiger partial charge in [-0.05, 0) is 60.2 Å². The number of benzene rings is 3. The lowest BCUT2D eigenvalue weighted by Crippen LogP contribution is -2.28. The Morgan fingerprint density at radius 1 is 1.06 bits per heavy atom. The zero-order valence-corrected chi connectivity index (χ0v) is 18.2. The fraction of sp³-hybridized carbons (Fsp3) is 0.167. The Hall–Kier alpha value is -3.46. The number of amides is 2. The molecule has 33 heavy (non-hydrogen) atoms. The lowest BCUT2D eigenvalue weighted by molar-refractivity contribution is -0.137. The quantitative estimate of drug-likeness (QED) is 0.514. The molecule has 1 N–H and O–H groups in total. The van der Waals surface area contributed by atoms with Gasteiger partial charge in [0, 0.05) is 16.9 Å². The lowest BCUT2D eigenvalue weighted by Gasteiger charge is -2.25. The van der Waals surface area contributed by atoms with Crippen LogP contribution in [0.15, 0.2) is 72.8 Å². The molecule has 1 fully saturated rings. The number of carbonyl (C=O) groups excluding carboxylic acids is 2. The minimum Gasteiger partial charge on any atom is -0.497 e. The first-order valence-electron chi connectivity index (χ1n) is 9.92. The van der Waals surface area contributed by atoms with Crippen molar-refractivity contribution in [2.45, 2.75) is 11.6 Å². The van der Waals surface area contributed by atoms with Crippen LogP contribution in [0.1, 0.15) is 26.9 Å². The Labute approximate surface area is 192 Å². The monoisotopic (exact) mass is 472 g/mol. The van der Waals surface area contributed by atoms with Crippen LogP contribution in [0.2, 0.25) is 0 Å². The summed E-state index contributed by atoms with van der Waals surface area (Å²) in [6, 6.07) is 18.3. The SMILES string of the molecule is COc1cccc(C(=O)Nc2cccc(C3SCC(=O)N3c3ccc(C(F)(F)F)cc3)c2)c1. The highest BCUT2D eigenvalue weighted by molar-refractivity contribution is 8.00. The summed E-state index contributed by atoms with van der Waals surface area (Å²) in [6.07, 6.45) is -4.45. The molecule has 0 radical (unpaired) electrons. The summed E-state index contributed by atoms with van der Waals surface area (Å²) in [6.45, 7) is 0. The molecule has 3 aromatic carbocycles. The number of carbonyl (C=O) groups is 2. The third-order valence-corrected chi connectivity index (χ3v) is 6.31. The highest BCUT2D eigenvalue weighted by Gasteiger charge is 2.35. The number of nitrogens with zero attached hydrogens (tertiary/aromatic N) is 1. The number of nitrogens with one attached hydrogen (secondary N) is 1. The van der Waals surface area contributed by atoms with Gasteiger partial charge in [-0.3, -0.25) is 14.5 Å². The Morgan fingerprint density at radius 2 is 1.79 bits per heavy atom. The number of alkyl halides is 3. The summed E-state index contributed by atoms with van der Waals surface area (Å²) in [5, 5.41) is 2.40. The van der Waals surface area contributed by atoms with Gasteiger partial charge in [0.2, 0.25) is 5.91 Å². The molecule has 2 amide bonds. The van der Waals surface area contributed by atoms with Crippen molar-refractivity contribution in [1.29, 1.82) is 0 Å². The molecule has 0 spiro atoms. The Bertz CT molecular complexity index is 1180. The van der Waals surface area contributed by atoms with Crippen molar-refractivity contribution < 1.29 is 27.5 Å². The number of ether oxygens (including phenoxy) is 1. The molecule has 5 nitrogen and oxygen atoms in total. The minimum atomic E-state index is -4.45. The molecule has 3 aromatic rings. The van der Waals surface area contributed by atoms with Crippen LogP contribution in [0.3, 0.4) is 0 Å². The lowest BCUT2D eigenvalue weighted by atomic mass is 10.1. The van der Waals surface area contributed by atoms with E-state index in [0.29, 0.717) is 22.7 Å². The summed E-state index contributed by atoms with van der Waals surface area (Å²) in [5.74, 6) is 0.243. The number of methoxy groups -OCH3 is 1. The average Bonchev–Trinajstić information content (AvgIpc) is 3.20. The first kappa shape index (κ1) is 22.7. The van der Waals surface area contributed by atoms with Crippen molar-refractivity contribution in [2.75, 3.05) is 23.1 Å². The van der Waals surface area contributed by atoms with Crippen LogP contribution in [-0.2, 0) is 11.0 Å². The second-order valence-corrected chi connectivity index (χ2v) is 8.35. The number of halogens is 3. The predicted molar refractivity (Wildman–Crippen MR) is 122 cm³/mol. The van der Waals surface area contributed by atoms with Crippen LogP contribution < -0.4 is 15.0 Å². The van der Waals surface area contributed by atoms with Gasteiger partial charge >= 0.3 is 6.18 Å². The second kappa shape index (κ2) is 9.19. The summed E-state index contributed by atoms with van der Waals surface area (Å²) in [5.41, 5.74) is 1.32. The van der Waals surface area contributed by atoms with Crippen LogP contribution in [0, 0.1) is 0 Å². The Morgan fingerprint density at radius 3 is 2.48 bits per heavy atom. The van der Waals surface area contributed by atoms with Gasteiger partial charge < -0.3 is 10.1 Å². The predicted octanol–water partition coefficient (Wildman–Crippen LogP) is 5.74. The van der Waals surface area contributed by atoms with E-state index in [1.807, 2.05) is 6.07 Å². The molecule has 1 saturated heterocycles. The van der Waals surface area contributed by atoms with E-state index in [9.17, 15) is 22.8 Å². The number of hydrogen-bond donors (Lipinski definition) is 1. The molecule has 1 atom stereocenters. The van der Waals surface area contributed by atoms with E-state index in [0.717, 1.165) is 17.7 Å². The Kier molecular flexibility index (Phi) is 6.33. The molecule has 9 heteroatoms. The first-order valence-corrected chi connectivity index (χ1v) is 11.0. The highest BCUT2D eigenvalue weighted by Crippen LogP contribution is 2.43. The number of anilines is 2. The van der Waals surface area contributed by atoms with Crippen molar-refractivity contribution in [3.63, 3.8) is 0 Å². The first-order chi connectivity index (χ1) is 15.8. The maximum atomic E-state index is 12.9. The summed E-state index contributed by atoms with van der Waals surface area (Å²) in [4.78, 5) is 26.7. The van der Waals surface area contributed by atoms with E-state index in [-0.39, 0.29) is 17.6 Å². The van der Waals surface area contributed by atoms with Crippen molar-refractivity contribution in [3.05, 3.63) is 89.5 Å². The summed E-state index contributed by atoms with van der Waals surface area (Å²) in [7, 11) is 1.52. The van der Waals surface area contributed by atoms with Gasteiger partial charge in [-0.2, -0.15) is 13.2 Å². The third-order valence-electron chi connectivity index (χ3n) is 5.10. The van der Waals surface area contributed by atoms with Gasteiger partial charge in [-0.25, -0.2) is 0 Å². The molecule has 0 bridgehead atoms. The fourth-order valence-electron chi connectivity index (χ4n) is 3.50. The van der Waals surface area contributed by atoms with E-state index in [4.69, 9.17) is 4.74 Å². The molecule has 1 heterocycles. The largest absolute Gasteiger partial charge is 0.497 e. The zero-order valence-electron chi connectivity index (χ0n) is 17.4. The van der Waals surface area contributed by atoms with E-state index < -0.39 is 17.1 Å². The normalized spacial score (nSPS) is 16.1. The molecule has 4 rings (SSSR count). The molecule has 1 unspecified atom stereocenters. The van der Waals surface area contributed by atoms with Crippen molar-refractivity contribution >= 4 is 35.0 Å². The number of rotatable bonds is 5. The van der Waals surface area contributed by atoms with Crippen LogP contribution in [0.4, 0.5) is 24.5 Å². The molecular formula is C24H19F3N2O3S. The molecule has 0 aromatic heterocycles. The van der Waals surface area contributed by atoms with Crippen LogP contribution in [-0.4, -0.2) is 24.7 Å². The van der Waals surface area contributed by atoms with Gasteiger partial charge in [0.05, 0.1) is 18.4 Å². The molecule has 170 valence electrons. The van der Waals surface area contributed by atoms with Crippen molar-refractivity contribution in [3.8, 4) is 5.75 Å². The molecule has 0 aliphatic carbocycles. The van der Waals surface area contributed by atoms with Gasteiger partial charge in [-0.15, -0.1) is 11.8 Å². The summed E-state index contributed by atoms with van der Waals surface area (Å²) < 4.78 is 43.9. The van der Waals surface area contributed by atoms with E-state index >= 15 is 0 Å². The van der Waals surface area contributed by atoms with Gasteiger partial charge in [0.15, 0.2) is 0 Å². The average molecular weight is 472 g/mol. The number of thioether (sulfide) groups is 1. The molecular weight excluding hydrogens is 453 g/mol. The standard InChI is InChI=1S/C24H19F3N2O3S/c1-32-20-7-3-4-15(13-20)22(31)28-18-6-2-5-16(12-18)23-29(21(30)14-33-23)19-10-8-17(9-11-19)24(25,26)27/h2-13,23H,14H2,1H3,(H,28,31). The van der Waals surface area contributed by atoms with Gasteiger partial charge in [0.25, 0.3) is 5.91 Å².